The number of amides is 1. The van der Waals surface area contributed by atoms with E-state index < -0.39 is 50.2 Å². The molecule has 10 nitrogen and oxygen atoms in total. The number of hydrogen-bond acceptors (Lipinski definition) is 7. The molecule has 2 heterocycles. The van der Waals surface area contributed by atoms with Crippen LogP contribution in [0, 0.1) is 0 Å². The van der Waals surface area contributed by atoms with E-state index in [0.29, 0.717) is 11.6 Å². The largest absolute Gasteiger partial charge is 0.486 e. The zero-order valence-electron chi connectivity index (χ0n) is 23.4. The molecule has 0 unspecified atom stereocenters. The normalized spacial score (nSPS) is 15.5. The molecule has 226 valence electrons. The number of alkyl halides is 3. The van der Waals surface area contributed by atoms with Crippen LogP contribution in [0.2, 0.25) is 0 Å². The molecule has 1 aliphatic heterocycles. The smallest absolute Gasteiger partial charge is 0.416 e. The number of carbonyl (C=O) groups is 2. The number of rotatable bonds is 8. The molecule has 0 aliphatic carbocycles. The van der Waals surface area contributed by atoms with E-state index in [1.165, 1.54) is 12.1 Å². The summed E-state index contributed by atoms with van der Waals surface area (Å²) >= 11 is 0. The molecule has 0 saturated heterocycles. The predicted octanol–water partition coefficient (Wildman–Crippen LogP) is 3.99. The third-order valence-corrected chi connectivity index (χ3v) is 7.91. The Kier molecular flexibility index (Phi) is 8.58. The van der Waals surface area contributed by atoms with Crippen molar-refractivity contribution < 1.29 is 40.7 Å². The van der Waals surface area contributed by atoms with Crippen LogP contribution in [0.15, 0.2) is 59.8 Å². The Labute approximate surface area is 241 Å². The van der Waals surface area contributed by atoms with Gasteiger partial charge in [-0.05, 0) is 56.7 Å². The lowest BCUT2D eigenvalue weighted by Crippen LogP contribution is -2.45. The number of nitrogens with one attached hydrogen (secondary N) is 1. The van der Waals surface area contributed by atoms with Gasteiger partial charge in [-0.15, -0.1) is 0 Å². The van der Waals surface area contributed by atoms with E-state index in [9.17, 15) is 31.2 Å². The molecule has 0 bridgehead atoms. The van der Waals surface area contributed by atoms with Crippen molar-refractivity contribution in [3.05, 3.63) is 71.5 Å². The van der Waals surface area contributed by atoms with Gasteiger partial charge in [0.15, 0.2) is 0 Å². The van der Waals surface area contributed by atoms with Gasteiger partial charge < -0.3 is 14.8 Å². The van der Waals surface area contributed by atoms with Crippen LogP contribution >= 0.6 is 0 Å². The Morgan fingerprint density at radius 3 is 2.50 bits per heavy atom. The summed E-state index contributed by atoms with van der Waals surface area (Å²) in [7, 11) is -2.83. The molecule has 42 heavy (non-hydrogen) atoms. The van der Waals surface area contributed by atoms with Gasteiger partial charge in [0.05, 0.1) is 41.7 Å². The van der Waals surface area contributed by atoms with Gasteiger partial charge in [-0.3, -0.25) is 18.6 Å². The zero-order chi connectivity index (χ0) is 30.9. The van der Waals surface area contributed by atoms with E-state index in [0.717, 1.165) is 28.1 Å². The van der Waals surface area contributed by atoms with Gasteiger partial charge in [0, 0.05) is 25.4 Å². The molecule has 0 fully saturated rings. The van der Waals surface area contributed by atoms with E-state index in [4.69, 9.17) is 9.47 Å². The van der Waals surface area contributed by atoms with Crippen LogP contribution < -0.4 is 14.4 Å². The average Bonchev–Trinajstić information content (AvgIpc) is 3.30. The number of benzene rings is 2. The summed E-state index contributed by atoms with van der Waals surface area (Å²) in [5.41, 5.74) is -0.670. The van der Waals surface area contributed by atoms with Crippen molar-refractivity contribution in [2.75, 3.05) is 10.8 Å². The predicted molar refractivity (Wildman–Crippen MR) is 146 cm³/mol. The molecule has 1 atom stereocenters. The number of carbonyl (C=O) groups excluding carboxylic acids is 2. The minimum absolute atomic E-state index is 0.0282. The lowest BCUT2D eigenvalue weighted by molar-refractivity contribution is -0.154. The molecule has 3 aromatic rings. The Hall–Kier alpha value is -4.07. The first-order valence-corrected chi connectivity index (χ1v) is 14.4. The molecule has 1 aromatic heterocycles. The lowest BCUT2D eigenvalue weighted by atomic mass is 10.1. The van der Waals surface area contributed by atoms with Crippen LogP contribution in [-0.2, 0) is 50.5 Å². The summed E-state index contributed by atoms with van der Waals surface area (Å²) in [5, 5.41) is 6.76. The Bertz CT molecular complexity index is 1580. The summed E-state index contributed by atoms with van der Waals surface area (Å²) in [5.74, 6) is -0.880. The van der Waals surface area contributed by atoms with Crippen LogP contribution in [0.5, 0.6) is 5.75 Å². The second-order valence-electron chi connectivity index (χ2n) is 10.9. The van der Waals surface area contributed by atoms with Gasteiger partial charge >= 0.3 is 12.1 Å². The maximum absolute atomic E-state index is 13.8. The number of fused-ring (bicyclic) bond motifs is 1. The van der Waals surface area contributed by atoms with Gasteiger partial charge in [-0.1, -0.05) is 12.1 Å². The molecular weight excluding hydrogens is 577 g/mol. The second-order valence-corrected chi connectivity index (χ2v) is 12.7. The van der Waals surface area contributed by atoms with Crippen molar-refractivity contribution in [3.63, 3.8) is 0 Å². The number of aromatic nitrogens is 2. The number of nitrogens with zero attached hydrogens (tertiary/aromatic N) is 3. The molecule has 1 N–H and O–H groups in total. The monoisotopic (exact) mass is 608 g/mol. The number of esters is 1. The Balaban J connectivity index is 1.64. The second kappa shape index (κ2) is 11.7. The van der Waals surface area contributed by atoms with Gasteiger partial charge in [0.2, 0.25) is 5.91 Å². The standard InChI is InChI=1S/C28H31F3N4O6S/c1-27(2,3)41-26(37)11-18-8-9-24-23(10-18)35(42(38,39)22-7-5-6-20(12-22)28(29,30)31)17-21(40-24)13-25(36)32-14-19-15-33-34(4)16-19/h5-10,12,15-16,21H,11,13-14,17H2,1-4H3,(H,32,36)/t21-/m0/s1. The molecule has 1 amide bonds. The number of hydrogen-bond donors (Lipinski definition) is 1. The fourth-order valence-corrected chi connectivity index (χ4v) is 5.89. The van der Waals surface area contributed by atoms with Gasteiger partial charge in [0.25, 0.3) is 10.0 Å². The van der Waals surface area contributed by atoms with Crippen LogP contribution in [0.25, 0.3) is 0 Å². The van der Waals surface area contributed by atoms with Crippen molar-refractivity contribution in [1.82, 2.24) is 15.1 Å². The molecule has 4 rings (SSSR count). The van der Waals surface area contributed by atoms with Crippen molar-refractivity contribution in [2.24, 2.45) is 7.05 Å². The number of ether oxygens (including phenoxy) is 2. The Morgan fingerprint density at radius 1 is 1.12 bits per heavy atom. The minimum atomic E-state index is -4.76. The molecule has 2 aromatic carbocycles. The number of aryl methyl sites for hydroxylation is 1. The molecular formula is C28H31F3N4O6S. The molecule has 0 saturated carbocycles. The Morgan fingerprint density at radius 2 is 1.86 bits per heavy atom. The van der Waals surface area contributed by atoms with E-state index in [1.54, 1.807) is 51.0 Å². The van der Waals surface area contributed by atoms with E-state index >= 15 is 0 Å². The SMILES string of the molecule is Cn1cc(CNC(=O)C[C@H]2CN(S(=O)(=O)c3cccc(C(F)(F)F)c3)c3cc(CC(=O)OC(C)(C)C)ccc3O2)cn1. The fraction of sp³-hybridized carbons (Fsp3) is 0.393. The zero-order valence-corrected chi connectivity index (χ0v) is 24.3. The third kappa shape index (κ3) is 7.60. The summed E-state index contributed by atoms with van der Waals surface area (Å²) in [4.78, 5) is 24.6. The van der Waals surface area contributed by atoms with Crippen molar-refractivity contribution >= 4 is 27.6 Å². The maximum atomic E-state index is 13.8. The highest BCUT2D eigenvalue weighted by Gasteiger charge is 2.38. The first-order valence-electron chi connectivity index (χ1n) is 13.0. The van der Waals surface area contributed by atoms with Gasteiger partial charge in [-0.25, -0.2) is 8.42 Å². The minimum Gasteiger partial charge on any atom is -0.486 e. The molecule has 0 radical (unpaired) electrons. The van der Waals surface area contributed by atoms with E-state index in [-0.39, 0.29) is 37.4 Å². The van der Waals surface area contributed by atoms with Crippen LogP contribution in [0.4, 0.5) is 18.9 Å². The lowest BCUT2D eigenvalue weighted by Gasteiger charge is -2.35. The van der Waals surface area contributed by atoms with Crippen LogP contribution in [0.3, 0.4) is 0 Å². The molecule has 1 aliphatic rings. The van der Waals surface area contributed by atoms with Gasteiger partial charge in [-0.2, -0.15) is 18.3 Å². The number of anilines is 1. The van der Waals surface area contributed by atoms with Gasteiger partial charge in [0.1, 0.15) is 17.5 Å². The van der Waals surface area contributed by atoms with Crippen molar-refractivity contribution in [2.45, 2.75) is 62.9 Å². The molecule has 14 heteroatoms. The van der Waals surface area contributed by atoms with Crippen LogP contribution in [-0.4, -0.2) is 48.3 Å². The van der Waals surface area contributed by atoms with E-state index in [2.05, 4.69) is 10.4 Å². The first kappa shape index (κ1) is 30.9. The quantitative estimate of drug-likeness (QED) is 0.384. The maximum Gasteiger partial charge on any atom is 0.416 e. The summed E-state index contributed by atoms with van der Waals surface area (Å²) in [6.45, 7) is 4.96. The number of halogens is 3. The van der Waals surface area contributed by atoms with Crippen molar-refractivity contribution in [3.8, 4) is 5.75 Å². The highest BCUT2D eigenvalue weighted by atomic mass is 32.2. The third-order valence-electron chi connectivity index (χ3n) is 6.13. The number of sulfonamides is 1. The summed E-state index contributed by atoms with van der Waals surface area (Å²) in [6.07, 6.45) is -2.80. The fourth-order valence-electron chi connectivity index (χ4n) is 4.35. The average molecular weight is 609 g/mol. The highest BCUT2D eigenvalue weighted by molar-refractivity contribution is 7.92. The molecule has 0 spiro atoms. The van der Waals surface area contributed by atoms with E-state index in [1.807, 2.05) is 0 Å². The summed E-state index contributed by atoms with van der Waals surface area (Å²) in [6, 6.07) is 7.86. The summed E-state index contributed by atoms with van der Waals surface area (Å²) < 4.78 is 81.6. The topological polar surface area (TPSA) is 120 Å². The first-order chi connectivity index (χ1) is 19.5. The van der Waals surface area contributed by atoms with Crippen LogP contribution in [0.1, 0.15) is 43.9 Å². The van der Waals surface area contributed by atoms with Crippen molar-refractivity contribution in [1.29, 1.82) is 0 Å². The highest BCUT2D eigenvalue weighted by Crippen LogP contribution is 2.39.